The molecule has 0 aliphatic heterocycles. The molecule has 0 aliphatic carbocycles. The van der Waals surface area contributed by atoms with E-state index in [1.165, 1.54) is 0 Å². The number of rotatable bonds is 7. The van der Waals surface area contributed by atoms with E-state index < -0.39 is 12.2 Å². The Morgan fingerprint density at radius 3 is 2.22 bits per heavy atom. The maximum Gasteiger partial charge on any atom is 0.0816 e. The average molecular weight is 252 g/mol. The molecule has 0 saturated carbocycles. The highest BCUT2D eigenvalue weighted by Crippen LogP contribution is 2.25. The number of benzene rings is 1. The van der Waals surface area contributed by atoms with Crippen molar-refractivity contribution in [1.29, 1.82) is 0 Å². The number of hydrogen-bond acceptors (Lipinski definition) is 3. The average Bonchev–Trinajstić information content (AvgIpc) is 2.36. The van der Waals surface area contributed by atoms with E-state index in [2.05, 4.69) is 0 Å². The third-order valence-electron chi connectivity index (χ3n) is 2.95. The van der Waals surface area contributed by atoms with Crippen LogP contribution in [0.1, 0.15) is 38.9 Å². The fourth-order valence-electron chi connectivity index (χ4n) is 1.91. The van der Waals surface area contributed by atoms with Gasteiger partial charge in [-0.3, -0.25) is 0 Å². The summed E-state index contributed by atoms with van der Waals surface area (Å²) in [6, 6.07) is 9.54. The first-order chi connectivity index (χ1) is 8.50. The zero-order valence-electron chi connectivity index (χ0n) is 11.4. The quantitative estimate of drug-likeness (QED) is 0.784. The Morgan fingerprint density at radius 2 is 1.67 bits per heavy atom. The zero-order valence-corrected chi connectivity index (χ0v) is 11.4. The van der Waals surface area contributed by atoms with Crippen molar-refractivity contribution >= 4 is 0 Å². The fraction of sp³-hybridized carbons (Fsp3) is 0.600. The van der Waals surface area contributed by atoms with E-state index in [0.29, 0.717) is 13.0 Å². The molecule has 0 aromatic heterocycles. The lowest BCUT2D eigenvalue weighted by Crippen LogP contribution is -2.23. The van der Waals surface area contributed by atoms with Crippen LogP contribution in [0.5, 0.6) is 0 Å². The SMILES string of the molecule is CC(C)OCC(O)CC(C)C(O)c1ccccc1. The molecular formula is C15H24O3. The summed E-state index contributed by atoms with van der Waals surface area (Å²) in [6.45, 7) is 6.14. The van der Waals surface area contributed by atoms with Crippen molar-refractivity contribution in [3.05, 3.63) is 35.9 Å². The van der Waals surface area contributed by atoms with Gasteiger partial charge < -0.3 is 14.9 Å². The van der Waals surface area contributed by atoms with E-state index in [9.17, 15) is 10.2 Å². The summed E-state index contributed by atoms with van der Waals surface area (Å²) in [6.07, 6.45) is -0.419. The third kappa shape index (κ3) is 5.17. The van der Waals surface area contributed by atoms with E-state index in [-0.39, 0.29) is 12.0 Å². The molecule has 0 aliphatic rings. The molecule has 18 heavy (non-hydrogen) atoms. The van der Waals surface area contributed by atoms with Crippen LogP contribution < -0.4 is 0 Å². The molecule has 102 valence electrons. The molecule has 0 saturated heterocycles. The van der Waals surface area contributed by atoms with Crippen molar-refractivity contribution < 1.29 is 14.9 Å². The minimum Gasteiger partial charge on any atom is -0.391 e. The number of aliphatic hydroxyl groups excluding tert-OH is 2. The first-order valence-electron chi connectivity index (χ1n) is 6.53. The Morgan fingerprint density at radius 1 is 1.06 bits per heavy atom. The summed E-state index contributed by atoms with van der Waals surface area (Å²) in [5.41, 5.74) is 0.891. The first kappa shape index (κ1) is 15.2. The monoisotopic (exact) mass is 252 g/mol. The van der Waals surface area contributed by atoms with Gasteiger partial charge >= 0.3 is 0 Å². The minimum absolute atomic E-state index is 0.00170. The van der Waals surface area contributed by atoms with Gasteiger partial charge in [-0.25, -0.2) is 0 Å². The van der Waals surface area contributed by atoms with E-state index in [1.807, 2.05) is 51.1 Å². The van der Waals surface area contributed by atoms with Crippen LogP contribution in [0.4, 0.5) is 0 Å². The molecule has 2 N–H and O–H groups in total. The molecule has 3 unspecified atom stereocenters. The van der Waals surface area contributed by atoms with Crippen LogP contribution in [0.25, 0.3) is 0 Å². The maximum absolute atomic E-state index is 10.2. The molecule has 1 aromatic rings. The second-order valence-corrected chi connectivity index (χ2v) is 5.10. The van der Waals surface area contributed by atoms with Gasteiger partial charge in [-0.2, -0.15) is 0 Å². The Balaban J connectivity index is 2.42. The fourth-order valence-corrected chi connectivity index (χ4v) is 1.91. The topological polar surface area (TPSA) is 49.7 Å². The molecule has 1 aromatic carbocycles. The van der Waals surface area contributed by atoms with Gasteiger partial charge in [0.15, 0.2) is 0 Å². The molecule has 0 fully saturated rings. The summed E-state index contributed by atoms with van der Waals surface area (Å²) in [7, 11) is 0. The van der Waals surface area contributed by atoms with Crippen molar-refractivity contribution in [3.63, 3.8) is 0 Å². The molecule has 0 bridgehead atoms. The van der Waals surface area contributed by atoms with E-state index in [1.54, 1.807) is 0 Å². The summed E-state index contributed by atoms with van der Waals surface area (Å²) >= 11 is 0. The van der Waals surface area contributed by atoms with Gasteiger partial charge in [0.05, 0.1) is 24.9 Å². The van der Waals surface area contributed by atoms with Crippen molar-refractivity contribution in [3.8, 4) is 0 Å². The molecular weight excluding hydrogens is 228 g/mol. The molecule has 0 radical (unpaired) electrons. The predicted molar refractivity (Wildman–Crippen MR) is 72.3 cm³/mol. The van der Waals surface area contributed by atoms with Gasteiger partial charge in [0, 0.05) is 0 Å². The molecule has 3 nitrogen and oxygen atoms in total. The number of ether oxygens (including phenoxy) is 1. The highest BCUT2D eigenvalue weighted by Gasteiger charge is 2.19. The van der Waals surface area contributed by atoms with Crippen LogP contribution in [-0.2, 0) is 4.74 Å². The van der Waals surface area contributed by atoms with Crippen LogP contribution in [0, 0.1) is 5.92 Å². The maximum atomic E-state index is 10.2. The second kappa shape index (κ2) is 7.52. The van der Waals surface area contributed by atoms with Crippen LogP contribution in [0.2, 0.25) is 0 Å². The van der Waals surface area contributed by atoms with Crippen molar-refractivity contribution in [1.82, 2.24) is 0 Å². The smallest absolute Gasteiger partial charge is 0.0816 e. The number of hydrogen-bond donors (Lipinski definition) is 2. The Hall–Kier alpha value is -0.900. The van der Waals surface area contributed by atoms with E-state index >= 15 is 0 Å². The van der Waals surface area contributed by atoms with E-state index in [0.717, 1.165) is 5.56 Å². The summed E-state index contributed by atoms with van der Waals surface area (Å²) in [4.78, 5) is 0. The normalized spacial score (nSPS) is 16.6. The van der Waals surface area contributed by atoms with Gasteiger partial charge in [-0.05, 0) is 31.7 Å². The third-order valence-corrected chi connectivity index (χ3v) is 2.95. The van der Waals surface area contributed by atoms with Crippen molar-refractivity contribution in [2.75, 3.05) is 6.61 Å². The van der Waals surface area contributed by atoms with Crippen LogP contribution in [0.3, 0.4) is 0 Å². The van der Waals surface area contributed by atoms with Crippen molar-refractivity contribution in [2.45, 2.75) is 45.5 Å². The lowest BCUT2D eigenvalue weighted by atomic mass is 9.92. The Labute approximate surface area is 109 Å². The summed E-state index contributed by atoms with van der Waals surface area (Å²) in [5, 5.41) is 20.0. The Kier molecular flexibility index (Phi) is 6.33. The van der Waals surface area contributed by atoms with Gasteiger partial charge in [-0.1, -0.05) is 37.3 Å². The molecule has 3 atom stereocenters. The number of aliphatic hydroxyl groups is 2. The van der Waals surface area contributed by atoms with Crippen molar-refractivity contribution in [2.24, 2.45) is 5.92 Å². The highest BCUT2D eigenvalue weighted by molar-refractivity contribution is 5.17. The first-order valence-corrected chi connectivity index (χ1v) is 6.53. The molecule has 1 rings (SSSR count). The Bertz CT molecular complexity index is 324. The van der Waals surface area contributed by atoms with Gasteiger partial charge in [0.25, 0.3) is 0 Å². The standard InChI is InChI=1S/C15H24O3/c1-11(2)18-10-14(16)9-12(3)15(17)13-7-5-4-6-8-13/h4-8,11-12,14-17H,9-10H2,1-3H3. The molecule has 3 heteroatoms. The lowest BCUT2D eigenvalue weighted by molar-refractivity contribution is -0.0139. The van der Waals surface area contributed by atoms with E-state index in [4.69, 9.17) is 4.74 Å². The van der Waals surface area contributed by atoms with Crippen LogP contribution >= 0.6 is 0 Å². The highest BCUT2D eigenvalue weighted by atomic mass is 16.5. The zero-order chi connectivity index (χ0) is 13.5. The summed E-state index contributed by atoms with van der Waals surface area (Å²) < 4.78 is 5.36. The molecule has 0 heterocycles. The largest absolute Gasteiger partial charge is 0.391 e. The van der Waals surface area contributed by atoms with Gasteiger partial charge in [0.2, 0.25) is 0 Å². The minimum atomic E-state index is -0.542. The van der Waals surface area contributed by atoms with Crippen LogP contribution in [0.15, 0.2) is 30.3 Å². The van der Waals surface area contributed by atoms with Gasteiger partial charge in [-0.15, -0.1) is 0 Å². The summed E-state index contributed by atoms with van der Waals surface area (Å²) in [5.74, 6) is -0.00170. The lowest BCUT2D eigenvalue weighted by Gasteiger charge is -2.22. The van der Waals surface area contributed by atoms with Crippen LogP contribution in [-0.4, -0.2) is 29.0 Å². The predicted octanol–water partition coefficient (Wildman–Crippen LogP) is 2.53. The van der Waals surface area contributed by atoms with Gasteiger partial charge in [0.1, 0.15) is 0 Å². The molecule has 0 amide bonds. The second-order valence-electron chi connectivity index (χ2n) is 5.10. The molecule has 0 spiro atoms.